The molecule has 4 aromatic rings. The molecular weight excluding hydrogens is 414 g/mol. The van der Waals surface area contributed by atoms with Crippen LogP contribution in [0.15, 0.2) is 70.6 Å². The number of anilines is 1. The Balaban J connectivity index is 1.67. The van der Waals surface area contributed by atoms with Crippen molar-refractivity contribution in [1.82, 2.24) is 19.7 Å². The molecule has 11 nitrogen and oxygen atoms in total. The van der Waals surface area contributed by atoms with E-state index < -0.39 is 21.7 Å². The van der Waals surface area contributed by atoms with Crippen molar-refractivity contribution in [2.75, 3.05) is 4.72 Å². The summed E-state index contributed by atoms with van der Waals surface area (Å²) in [6, 6.07) is 12.1. The Labute approximate surface area is 168 Å². The molecule has 0 bridgehead atoms. The highest BCUT2D eigenvalue weighted by Gasteiger charge is 2.15. The van der Waals surface area contributed by atoms with Gasteiger partial charge in [-0.05, 0) is 30.3 Å². The number of aromatic amines is 1. The number of benzene rings is 2. The molecule has 0 aliphatic rings. The summed E-state index contributed by atoms with van der Waals surface area (Å²) >= 11 is 0. The summed E-state index contributed by atoms with van der Waals surface area (Å²) in [6.07, 6.45) is 0.889. The number of carbonyl (C=O) groups is 1. The molecule has 0 radical (unpaired) electrons. The second-order valence-corrected chi connectivity index (χ2v) is 7.71. The van der Waals surface area contributed by atoms with Crippen molar-refractivity contribution < 1.29 is 23.1 Å². The number of rotatable bonds is 5. The largest absolute Gasteiger partial charge is 0.511 e. The molecule has 0 aliphatic heterocycles. The molecule has 0 unspecified atom stereocenters. The van der Waals surface area contributed by atoms with Crippen LogP contribution in [0.3, 0.4) is 0 Å². The lowest BCUT2D eigenvalue weighted by molar-refractivity contribution is 0.144. The molecule has 0 fully saturated rings. The second-order valence-electron chi connectivity index (χ2n) is 6.03. The molecule has 0 amide bonds. The van der Waals surface area contributed by atoms with Crippen LogP contribution in [0.4, 0.5) is 10.5 Å². The van der Waals surface area contributed by atoms with E-state index in [-0.39, 0.29) is 33.2 Å². The summed E-state index contributed by atoms with van der Waals surface area (Å²) < 4.78 is 33.0. The Morgan fingerprint density at radius 1 is 1.17 bits per heavy atom. The van der Waals surface area contributed by atoms with Crippen molar-refractivity contribution in [2.24, 2.45) is 0 Å². The molecule has 0 saturated carbocycles. The van der Waals surface area contributed by atoms with E-state index in [1.54, 1.807) is 18.2 Å². The van der Waals surface area contributed by atoms with E-state index in [1.807, 2.05) is 0 Å². The molecule has 0 atom stereocenters. The monoisotopic (exact) mass is 427 g/mol. The summed E-state index contributed by atoms with van der Waals surface area (Å²) in [5.74, 6) is -0.0127. The lowest BCUT2D eigenvalue weighted by atomic mass is 10.2. The van der Waals surface area contributed by atoms with Crippen LogP contribution in [0.2, 0.25) is 0 Å². The first kappa shape index (κ1) is 19.1. The molecule has 0 aliphatic carbocycles. The fraction of sp³-hybridized carbons (Fsp3) is 0. The van der Waals surface area contributed by atoms with Crippen molar-refractivity contribution in [2.45, 2.75) is 4.90 Å². The predicted octanol–water partition coefficient (Wildman–Crippen LogP) is 1.97. The first-order valence-electron chi connectivity index (χ1n) is 8.39. The van der Waals surface area contributed by atoms with Crippen molar-refractivity contribution in [1.29, 1.82) is 0 Å². The first-order chi connectivity index (χ1) is 14.3. The minimum atomic E-state index is -3.81. The van der Waals surface area contributed by atoms with Crippen LogP contribution in [0.1, 0.15) is 0 Å². The maximum Gasteiger partial charge on any atom is 0.511 e. The summed E-state index contributed by atoms with van der Waals surface area (Å²) in [7, 11) is -3.81. The Morgan fingerprint density at radius 3 is 2.67 bits per heavy atom. The minimum Gasteiger partial charge on any atom is -0.449 e. The van der Waals surface area contributed by atoms with Crippen LogP contribution in [-0.4, -0.2) is 39.4 Å². The number of ether oxygens (including phenoxy) is 1. The number of fused-ring (bicyclic) bond motifs is 1. The van der Waals surface area contributed by atoms with E-state index in [4.69, 9.17) is 5.11 Å². The highest BCUT2D eigenvalue weighted by molar-refractivity contribution is 7.92. The van der Waals surface area contributed by atoms with Crippen LogP contribution in [-0.2, 0) is 10.0 Å². The average molecular weight is 427 g/mol. The molecule has 0 spiro atoms. The van der Waals surface area contributed by atoms with Gasteiger partial charge in [0.2, 0.25) is 5.95 Å². The smallest absolute Gasteiger partial charge is 0.449 e. The third kappa shape index (κ3) is 3.84. The Kier molecular flexibility index (Phi) is 4.68. The molecule has 2 aromatic carbocycles. The van der Waals surface area contributed by atoms with Gasteiger partial charge in [0.15, 0.2) is 5.75 Å². The zero-order chi connectivity index (χ0) is 21.3. The van der Waals surface area contributed by atoms with Gasteiger partial charge in [-0.25, -0.2) is 22.9 Å². The van der Waals surface area contributed by atoms with Gasteiger partial charge < -0.3 is 9.84 Å². The predicted molar refractivity (Wildman–Crippen MR) is 105 cm³/mol. The lowest BCUT2D eigenvalue weighted by Gasteiger charge is -2.09. The number of hydrogen-bond donors (Lipinski definition) is 3. The number of H-pyrrole nitrogens is 1. The fourth-order valence-electron chi connectivity index (χ4n) is 2.69. The summed E-state index contributed by atoms with van der Waals surface area (Å²) in [5, 5.41) is 12.7. The zero-order valence-corrected chi connectivity index (χ0v) is 15.8. The maximum absolute atomic E-state index is 12.5. The van der Waals surface area contributed by atoms with E-state index >= 15 is 0 Å². The summed E-state index contributed by atoms with van der Waals surface area (Å²) in [4.78, 5) is 29.9. The van der Waals surface area contributed by atoms with Crippen LogP contribution in [0.25, 0.3) is 16.9 Å². The van der Waals surface area contributed by atoms with Gasteiger partial charge in [-0.2, -0.15) is 5.10 Å². The topological polar surface area (TPSA) is 156 Å². The van der Waals surface area contributed by atoms with Crippen molar-refractivity contribution in [3.63, 3.8) is 0 Å². The molecule has 3 N–H and O–H groups in total. The van der Waals surface area contributed by atoms with Gasteiger partial charge in [0.25, 0.3) is 15.6 Å². The summed E-state index contributed by atoms with van der Waals surface area (Å²) in [5.41, 5.74) is -0.0535. The van der Waals surface area contributed by atoms with Crippen molar-refractivity contribution in [3.8, 4) is 11.7 Å². The van der Waals surface area contributed by atoms with Gasteiger partial charge in [-0.1, -0.05) is 18.2 Å². The number of aromatic nitrogens is 4. The van der Waals surface area contributed by atoms with Crippen LogP contribution >= 0.6 is 0 Å². The van der Waals surface area contributed by atoms with Crippen molar-refractivity contribution in [3.05, 3.63) is 71.3 Å². The first-order valence-corrected chi connectivity index (χ1v) is 9.88. The third-order valence-electron chi connectivity index (χ3n) is 3.98. The summed E-state index contributed by atoms with van der Waals surface area (Å²) in [6.45, 7) is 0. The maximum atomic E-state index is 12.5. The Morgan fingerprint density at radius 2 is 1.93 bits per heavy atom. The molecular formula is C18H13N5O6S. The molecule has 0 saturated heterocycles. The standard InChI is InChI=1S/C18H13N5O6S/c24-16-14-8-11(22-30(27,28)13-4-2-1-3-5-13)6-7-15(14)20-17(21-16)23-10-12(9-19-23)29-18(25)26/h1-10,22H,(H,25,26)(H,20,21,24). The second kappa shape index (κ2) is 7.33. The molecule has 4 rings (SSSR count). The number of nitrogens with zero attached hydrogens (tertiary/aromatic N) is 3. The van der Waals surface area contributed by atoms with E-state index in [9.17, 15) is 18.0 Å². The molecule has 30 heavy (non-hydrogen) atoms. The Hall–Kier alpha value is -4.19. The van der Waals surface area contributed by atoms with Gasteiger partial charge in [-0.3, -0.25) is 14.5 Å². The molecule has 152 valence electrons. The van der Waals surface area contributed by atoms with Crippen LogP contribution < -0.4 is 15.0 Å². The van der Waals surface area contributed by atoms with Gasteiger partial charge >= 0.3 is 6.16 Å². The minimum absolute atomic E-state index is 0.0327. The van der Waals surface area contributed by atoms with E-state index in [0.717, 1.165) is 10.9 Å². The fourth-order valence-corrected chi connectivity index (χ4v) is 3.76. The molecule has 2 aromatic heterocycles. The average Bonchev–Trinajstić information content (AvgIpc) is 3.16. The highest BCUT2D eigenvalue weighted by atomic mass is 32.2. The van der Waals surface area contributed by atoms with Gasteiger partial charge in [0.05, 0.1) is 28.2 Å². The van der Waals surface area contributed by atoms with E-state index in [2.05, 4.69) is 24.5 Å². The van der Waals surface area contributed by atoms with Gasteiger partial charge in [-0.15, -0.1) is 0 Å². The number of hydrogen-bond acceptors (Lipinski definition) is 7. The zero-order valence-electron chi connectivity index (χ0n) is 15.0. The molecule has 12 heteroatoms. The quantitative estimate of drug-likeness (QED) is 0.408. The highest BCUT2D eigenvalue weighted by Crippen LogP contribution is 2.20. The third-order valence-corrected chi connectivity index (χ3v) is 5.38. The molecule has 2 heterocycles. The normalized spacial score (nSPS) is 11.3. The van der Waals surface area contributed by atoms with E-state index in [1.165, 1.54) is 36.5 Å². The van der Waals surface area contributed by atoms with Crippen LogP contribution in [0.5, 0.6) is 5.75 Å². The van der Waals surface area contributed by atoms with Crippen molar-refractivity contribution >= 4 is 32.8 Å². The Bertz CT molecular complexity index is 1410. The lowest BCUT2D eigenvalue weighted by Crippen LogP contribution is -2.15. The van der Waals surface area contributed by atoms with Crippen LogP contribution in [0, 0.1) is 0 Å². The SMILES string of the molecule is O=C(O)Oc1cnn(-c2nc3ccc(NS(=O)(=O)c4ccccc4)cc3c(=O)[nH]2)c1. The number of nitrogens with one attached hydrogen (secondary N) is 2. The van der Waals surface area contributed by atoms with Gasteiger partial charge in [0, 0.05) is 5.69 Å². The number of carboxylic acid groups (broad SMARTS) is 1. The number of sulfonamides is 1. The van der Waals surface area contributed by atoms with E-state index in [0.29, 0.717) is 0 Å². The van der Waals surface area contributed by atoms with Gasteiger partial charge in [0.1, 0.15) is 0 Å².